The van der Waals surface area contributed by atoms with E-state index in [4.69, 9.17) is 5.84 Å². The highest BCUT2D eigenvalue weighted by Gasteiger charge is 2.22. The fraction of sp³-hybridized carbons (Fsp3) is 0.263. The number of nitrogens with one attached hydrogen (secondary N) is 1. The van der Waals surface area contributed by atoms with Gasteiger partial charge < -0.3 is 9.80 Å². The lowest BCUT2D eigenvalue weighted by molar-refractivity contribution is 0.0747. The average molecular weight is 367 g/mol. The lowest BCUT2D eigenvalue weighted by Gasteiger charge is -2.36. The number of anilines is 2. The summed E-state index contributed by atoms with van der Waals surface area (Å²) in [5, 5.41) is 0.714. The Balaban J connectivity index is 1.44. The summed E-state index contributed by atoms with van der Waals surface area (Å²) in [5.41, 5.74) is 6.63. The van der Waals surface area contributed by atoms with Gasteiger partial charge in [-0.3, -0.25) is 10.2 Å². The van der Waals surface area contributed by atoms with Crippen molar-refractivity contribution < 1.29 is 4.79 Å². The highest BCUT2D eigenvalue weighted by Crippen LogP contribution is 2.29. The van der Waals surface area contributed by atoms with Crippen LogP contribution in [0.5, 0.6) is 0 Å². The summed E-state index contributed by atoms with van der Waals surface area (Å²) in [5.74, 6) is 5.56. The summed E-state index contributed by atoms with van der Waals surface area (Å²) in [4.78, 5) is 21.3. The van der Waals surface area contributed by atoms with Crippen LogP contribution in [0.3, 0.4) is 0 Å². The number of thiazole rings is 1. The number of aromatic nitrogens is 1. The van der Waals surface area contributed by atoms with E-state index in [1.165, 1.54) is 0 Å². The van der Waals surface area contributed by atoms with E-state index in [0.29, 0.717) is 5.13 Å². The van der Waals surface area contributed by atoms with E-state index in [9.17, 15) is 4.79 Å². The first-order valence-electron chi connectivity index (χ1n) is 8.62. The number of nitrogen functional groups attached to an aromatic ring is 1. The fourth-order valence-corrected chi connectivity index (χ4v) is 4.03. The molecule has 0 radical (unpaired) electrons. The van der Waals surface area contributed by atoms with E-state index >= 15 is 0 Å². The molecule has 0 aliphatic carbocycles. The van der Waals surface area contributed by atoms with Crippen LogP contribution in [0, 0.1) is 6.92 Å². The summed E-state index contributed by atoms with van der Waals surface area (Å²) in [6.07, 6.45) is 0. The molecule has 6 nitrogen and oxygen atoms in total. The van der Waals surface area contributed by atoms with Crippen LogP contribution in [-0.2, 0) is 0 Å². The van der Waals surface area contributed by atoms with Gasteiger partial charge in [-0.1, -0.05) is 29.0 Å². The van der Waals surface area contributed by atoms with Crippen LogP contribution in [0.4, 0.5) is 10.8 Å². The zero-order chi connectivity index (χ0) is 18.1. The number of rotatable bonds is 3. The van der Waals surface area contributed by atoms with Gasteiger partial charge in [-0.2, -0.15) is 0 Å². The molecule has 134 valence electrons. The van der Waals surface area contributed by atoms with Crippen molar-refractivity contribution in [3.05, 3.63) is 53.6 Å². The number of fused-ring (bicyclic) bond motifs is 1. The second-order valence-corrected chi connectivity index (χ2v) is 7.49. The molecule has 1 fully saturated rings. The van der Waals surface area contributed by atoms with Crippen molar-refractivity contribution in [2.24, 2.45) is 5.84 Å². The third-order valence-electron chi connectivity index (χ3n) is 4.73. The van der Waals surface area contributed by atoms with Crippen LogP contribution >= 0.6 is 11.3 Å². The summed E-state index contributed by atoms with van der Waals surface area (Å²) < 4.78 is 1.11. The van der Waals surface area contributed by atoms with Crippen LogP contribution in [-0.4, -0.2) is 42.0 Å². The molecule has 1 aliphatic rings. The molecule has 26 heavy (non-hydrogen) atoms. The molecule has 1 aromatic heterocycles. The number of hydrogen-bond donors (Lipinski definition) is 2. The van der Waals surface area contributed by atoms with E-state index in [1.807, 2.05) is 42.2 Å². The molecule has 2 heterocycles. The van der Waals surface area contributed by atoms with Gasteiger partial charge in [0.2, 0.25) is 0 Å². The monoisotopic (exact) mass is 367 g/mol. The van der Waals surface area contributed by atoms with Crippen molar-refractivity contribution in [2.75, 3.05) is 36.5 Å². The van der Waals surface area contributed by atoms with Crippen LogP contribution in [0.2, 0.25) is 0 Å². The zero-order valence-corrected chi connectivity index (χ0v) is 15.4. The normalized spacial score (nSPS) is 14.7. The Morgan fingerprint density at radius 1 is 1.12 bits per heavy atom. The number of nitrogens with two attached hydrogens (primary N) is 1. The molecule has 1 saturated heterocycles. The first-order valence-corrected chi connectivity index (χ1v) is 9.44. The van der Waals surface area contributed by atoms with Crippen molar-refractivity contribution in [3.8, 4) is 0 Å². The zero-order valence-electron chi connectivity index (χ0n) is 14.6. The highest BCUT2D eigenvalue weighted by atomic mass is 32.1. The quantitative estimate of drug-likeness (QED) is 0.550. The van der Waals surface area contributed by atoms with Gasteiger partial charge in [0.1, 0.15) is 0 Å². The predicted molar refractivity (Wildman–Crippen MR) is 107 cm³/mol. The van der Waals surface area contributed by atoms with Gasteiger partial charge in [0.15, 0.2) is 5.13 Å². The maximum Gasteiger partial charge on any atom is 0.253 e. The van der Waals surface area contributed by atoms with Crippen LogP contribution < -0.4 is 16.2 Å². The third kappa shape index (κ3) is 3.23. The molecule has 0 spiro atoms. The number of hydrogen-bond acceptors (Lipinski definition) is 6. The summed E-state index contributed by atoms with van der Waals surface area (Å²) in [6, 6.07) is 14.0. The minimum Gasteiger partial charge on any atom is -0.368 e. The number of hydrazine groups is 1. The second kappa shape index (κ2) is 6.93. The highest BCUT2D eigenvalue weighted by molar-refractivity contribution is 7.22. The van der Waals surface area contributed by atoms with Crippen molar-refractivity contribution in [3.63, 3.8) is 0 Å². The van der Waals surface area contributed by atoms with Gasteiger partial charge in [0, 0.05) is 37.4 Å². The predicted octanol–water partition coefficient (Wildman–Crippen LogP) is 2.85. The lowest BCUT2D eigenvalue weighted by atomic mass is 10.1. The van der Waals surface area contributed by atoms with E-state index < -0.39 is 0 Å². The first kappa shape index (κ1) is 16.8. The summed E-state index contributed by atoms with van der Waals surface area (Å²) in [7, 11) is 0. The van der Waals surface area contributed by atoms with Crippen LogP contribution in [0.1, 0.15) is 15.9 Å². The molecule has 3 N–H and O–H groups in total. The number of nitrogens with zero attached hydrogens (tertiary/aromatic N) is 3. The average Bonchev–Trinajstić information content (AvgIpc) is 3.10. The number of aryl methyl sites for hydroxylation is 1. The van der Waals surface area contributed by atoms with Gasteiger partial charge in [-0.15, -0.1) is 0 Å². The standard InChI is InChI=1S/C19H21N5OS/c1-13-2-4-14(5-3-13)18(25)24-10-8-23(9-11-24)15-6-7-16-17(12-15)26-19(21-16)22-20/h2-7,12H,8-11,20H2,1H3,(H,21,22). The van der Waals surface area contributed by atoms with E-state index in [-0.39, 0.29) is 5.91 Å². The van der Waals surface area contributed by atoms with Gasteiger partial charge >= 0.3 is 0 Å². The Bertz CT molecular complexity index is 929. The first-order chi connectivity index (χ1) is 12.6. The molecule has 0 saturated carbocycles. The number of carbonyl (C=O) groups is 1. The summed E-state index contributed by atoms with van der Waals surface area (Å²) >= 11 is 1.54. The Morgan fingerprint density at radius 3 is 2.54 bits per heavy atom. The van der Waals surface area contributed by atoms with Crippen LogP contribution in [0.25, 0.3) is 10.2 Å². The molecule has 0 atom stereocenters. The smallest absolute Gasteiger partial charge is 0.253 e. The Kier molecular flexibility index (Phi) is 4.48. The molecule has 7 heteroatoms. The molecule has 0 bridgehead atoms. The Hall–Kier alpha value is -2.64. The maximum absolute atomic E-state index is 12.6. The SMILES string of the molecule is Cc1ccc(C(=O)N2CCN(c3ccc4nc(NN)sc4c3)CC2)cc1. The number of amides is 1. The molecule has 1 aliphatic heterocycles. The minimum atomic E-state index is 0.112. The largest absolute Gasteiger partial charge is 0.368 e. The number of benzene rings is 2. The summed E-state index contributed by atoms with van der Waals surface area (Å²) in [6.45, 7) is 5.12. The molecule has 1 amide bonds. The van der Waals surface area contributed by atoms with Gasteiger partial charge in [-0.25, -0.2) is 10.8 Å². The Labute approximate surface area is 156 Å². The van der Waals surface area contributed by atoms with E-state index in [1.54, 1.807) is 11.3 Å². The fourth-order valence-electron chi connectivity index (χ4n) is 3.22. The van der Waals surface area contributed by atoms with E-state index in [2.05, 4.69) is 27.4 Å². The minimum absolute atomic E-state index is 0.112. The van der Waals surface area contributed by atoms with Crippen molar-refractivity contribution in [1.82, 2.24) is 9.88 Å². The lowest BCUT2D eigenvalue weighted by Crippen LogP contribution is -2.48. The van der Waals surface area contributed by atoms with Gasteiger partial charge in [0.05, 0.1) is 10.2 Å². The Morgan fingerprint density at radius 2 is 1.85 bits per heavy atom. The maximum atomic E-state index is 12.6. The van der Waals surface area contributed by atoms with Crippen LogP contribution in [0.15, 0.2) is 42.5 Å². The second-order valence-electron chi connectivity index (χ2n) is 6.46. The molecule has 3 aromatic rings. The molecule has 0 unspecified atom stereocenters. The van der Waals surface area contributed by atoms with Crippen molar-refractivity contribution >= 4 is 38.3 Å². The number of piperazine rings is 1. The number of carbonyl (C=O) groups excluding carboxylic acids is 1. The van der Waals surface area contributed by atoms with Crippen molar-refractivity contribution in [2.45, 2.75) is 6.92 Å². The molecule has 2 aromatic carbocycles. The topological polar surface area (TPSA) is 74.5 Å². The third-order valence-corrected chi connectivity index (χ3v) is 5.68. The van der Waals surface area contributed by atoms with Gasteiger partial charge in [-0.05, 0) is 37.3 Å². The molecule has 4 rings (SSSR count). The molecular formula is C19H21N5OS. The van der Waals surface area contributed by atoms with Gasteiger partial charge in [0.25, 0.3) is 5.91 Å². The van der Waals surface area contributed by atoms with E-state index in [0.717, 1.165) is 53.2 Å². The van der Waals surface area contributed by atoms with Crippen molar-refractivity contribution in [1.29, 1.82) is 0 Å². The molecular weight excluding hydrogens is 346 g/mol.